The fourth-order valence-electron chi connectivity index (χ4n) is 1.46. The Bertz CT molecular complexity index is 551. The molecule has 19 heavy (non-hydrogen) atoms. The van der Waals surface area contributed by atoms with E-state index in [0.29, 0.717) is 18.2 Å². The average molecular weight is 277 g/mol. The van der Waals surface area contributed by atoms with E-state index in [4.69, 9.17) is 4.74 Å². The van der Waals surface area contributed by atoms with Gasteiger partial charge in [0, 0.05) is 12.0 Å². The maximum Gasteiger partial charge on any atom is 0.225 e. The highest BCUT2D eigenvalue weighted by Crippen LogP contribution is 2.27. The minimum Gasteiger partial charge on any atom is -0.494 e. The number of benzene rings is 1. The van der Waals surface area contributed by atoms with Gasteiger partial charge >= 0.3 is 0 Å². The Morgan fingerprint density at radius 1 is 1.26 bits per heavy atom. The van der Waals surface area contributed by atoms with E-state index in [2.05, 4.69) is 15.5 Å². The largest absolute Gasteiger partial charge is 0.494 e. The number of nitrogens with one attached hydrogen (secondary N) is 1. The van der Waals surface area contributed by atoms with Crippen molar-refractivity contribution in [2.45, 2.75) is 20.3 Å². The van der Waals surface area contributed by atoms with Crippen LogP contribution in [0.4, 0.5) is 5.13 Å². The Morgan fingerprint density at radius 2 is 2.00 bits per heavy atom. The predicted octanol–water partition coefficient (Wildman–Crippen LogP) is 2.95. The number of hydrogen-bond donors (Lipinski definition) is 1. The van der Waals surface area contributed by atoms with E-state index in [-0.39, 0.29) is 5.91 Å². The van der Waals surface area contributed by atoms with Crippen LogP contribution in [-0.2, 0) is 4.79 Å². The fraction of sp³-hybridized carbons (Fsp3) is 0.308. The second-order valence-corrected chi connectivity index (χ2v) is 4.75. The fourth-order valence-corrected chi connectivity index (χ4v) is 2.22. The monoisotopic (exact) mass is 277 g/mol. The first-order chi connectivity index (χ1) is 9.22. The van der Waals surface area contributed by atoms with Gasteiger partial charge in [-0.05, 0) is 31.2 Å². The number of nitrogens with zero attached hydrogens (tertiary/aromatic N) is 2. The highest BCUT2D eigenvalue weighted by atomic mass is 32.1. The van der Waals surface area contributed by atoms with E-state index in [0.717, 1.165) is 16.3 Å². The van der Waals surface area contributed by atoms with Crippen molar-refractivity contribution < 1.29 is 9.53 Å². The standard InChI is InChI=1S/C13H15N3O2S/c1-3-11(17)14-13-16-15-12(19-13)9-5-7-10(8-6-9)18-4-2/h5-8H,3-4H2,1-2H3,(H,14,16,17). The molecule has 0 spiro atoms. The maximum absolute atomic E-state index is 11.3. The number of hydrogen-bond acceptors (Lipinski definition) is 5. The van der Waals surface area contributed by atoms with E-state index < -0.39 is 0 Å². The van der Waals surface area contributed by atoms with Crippen molar-refractivity contribution >= 4 is 22.4 Å². The Labute approximate surface area is 115 Å². The molecular formula is C13H15N3O2S. The summed E-state index contributed by atoms with van der Waals surface area (Å²) in [5.74, 6) is 0.768. The summed E-state index contributed by atoms with van der Waals surface area (Å²) in [6, 6.07) is 7.64. The van der Waals surface area contributed by atoms with Gasteiger partial charge in [-0.2, -0.15) is 0 Å². The number of rotatable bonds is 5. The van der Waals surface area contributed by atoms with Crippen LogP contribution in [0.1, 0.15) is 20.3 Å². The highest BCUT2D eigenvalue weighted by Gasteiger charge is 2.08. The zero-order valence-electron chi connectivity index (χ0n) is 10.8. The van der Waals surface area contributed by atoms with E-state index >= 15 is 0 Å². The molecule has 1 amide bonds. The number of carbonyl (C=O) groups is 1. The summed E-state index contributed by atoms with van der Waals surface area (Å²) < 4.78 is 5.38. The molecule has 0 aliphatic heterocycles. The molecule has 1 aromatic heterocycles. The molecule has 2 aromatic rings. The quantitative estimate of drug-likeness (QED) is 0.912. The van der Waals surface area contributed by atoms with Crippen molar-refractivity contribution in [1.29, 1.82) is 0 Å². The number of anilines is 1. The summed E-state index contributed by atoms with van der Waals surface area (Å²) in [7, 11) is 0. The first kappa shape index (κ1) is 13.5. The second kappa shape index (κ2) is 6.29. The van der Waals surface area contributed by atoms with Gasteiger partial charge in [0.05, 0.1) is 6.61 Å². The predicted molar refractivity (Wildman–Crippen MR) is 75.4 cm³/mol. The minimum atomic E-state index is -0.0607. The molecular weight excluding hydrogens is 262 g/mol. The summed E-state index contributed by atoms with van der Waals surface area (Å²) in [6.07, 6.45) is 0.429. The molecule has 0 bridgehead atoms. The van der Waals surface area contributed by atoms with Gasteiger partial charge in [-0.3, -0.25) is 4.79 Å². The number of amides is 1. The van der Waals surface area contributed by atoms with Gasteiger partial charge in [0.15, 0.2) is 0 Å². The van der Waals surface area contributed by atoms with Crippen molar-refractivity contribution in [3.05, 3.63) is 24.3 Å². The van der Waals surface area contributed by atoms with Crippen LogP contribution in [0.2, 0.25) is 0 Å². The lowest BCUT2D eigenvalue weighted by atomic mass is 10.2. The van der Waals surface area contributed by atoms with Crippen LogP contribution in [0.5, 0.6) is 5.75 Å². The third kappa shape index (κ3) is 3.51. The molecule has 0 aliphatic carbocycles. The normalized spacial score (nSPS) is 10.2. The minimum absolute atomic E-state index is 0.0607. The first-order valence-electron chi connectivity index (χ1n) is 6.09. The lowest BCUT2D eigenvalue weighted by molar-refractivity contribution is -0.115. The van der Waals surface area contributed by atoms with Crippen LogP contribution >= 0.6 is 11.3 Å². The summed E-state index contributed by atoms with van der Waals surface area (Å²) >= 11 is 1.35. The Morgan fingerprint density at radius 3 is 2.63 bits per heavy atom. The van der Waals surface area contributed by atoms with E-state index in [9.17, 15) is 4.79 Å². The van der Waals surface area contributed by atoms with Crippen molar-refractivity contribution in [2.24, 2.45) is 0 Å². The van der Waals surface area contributed by atoms with Crippen LogP contribution in [0, 0.1) is 0 Å². The van der Waals surface area contributed by atoms with E-state index in [1.165, 1.54) is 11.3 Å². The molecule has 0 atom stereocenters. The lowest BCUT2D eigenvalue weighted by Crippen LogP contribution is -2.08. The van der Waals surface area contributed by atoms with Crippen LogP contribution in [0.15, 0.2) is 24.3 Å². The highest BCUT2D eigenvalue weighted by molar-refractivity contribution is 7.18. The third-order valence-electron chi connectivity index (χ3n) is 2.40. The van der Waals surface area contributed by atoms with E-state index in [1.54, 1.807) is 6.92 Å². The molecule has 0 unspecified atom stereocenters. The Kier molecular flexibility index (Phi) is 4.46. The molecule has 5 nitrogen and oxygen atoms in total. The van der Waals surface area contributed by atoms with Crippen molar-refractivity contribution in [2.75, 3.05) is 11.9 Å². The second-order valence-electron chi connectivity index (χ2n) is 3.77. The number of aromatic nitrogens is 2. The Hall–Kier alpha value is -1.95. The van der Waals surface area contributed by atoms with Gasteiger partial charge in [0.25, 0.3) is 0 Å². The molecule has 1 heterocycles. The van der Waals surface area contributed by atoms with Crippen LogP contribution in [-0.4, -0.2) is 22.7 Å². The molecule has 6 heteroatoms. The lowest BCUT2D eigenvalue weighted by Gasteiger charge is -2.02. The van der Waals surface area contributed by atoms with Crippen molar-refractivity contribution in [3.63, 3.8) is 0 Å². The molecule has 1 N–H and O–H groups in total. The SMILES string of the molecule is CCOc1ccc(-c2nnc(NC(=O)CC)s2)cc1. The topological polar surface area (TPSA) is 64.1 Å². The van der Waals surface area contributed by atoms with Gasteiger partial charge < -0.3 is 10.1 Å². The Balaban J connectivity index is 2.11. The van der Waals surface area contributed by atoms with Gasteiger partial charge in [-0.15, -0.1) is 10.2 Å². The molecule has 2 rings (SSSR count). The first-order valence-corrected chi connectivity index (χ1v) is 6.91. The van der Waals surface area contributed by atoms with Crippen molar-refractivity contribution in [3.8, 4) is 16.3 Å². The van der Waals surface area contributed by atoms with Crippen LogP contribution in [0.25, 0.3) is 10.6 Å². The molecule has 1 aromatic carbocycles. The molecule has 100 valence electrons. The molecule has 0 saturated heterocycles. The number of ether oxygens (including phenoxy) is 1. The summed E-state index contributed by atoms with van der Waals surface area (Å²) in [6.45, 7) is 4.39. The van der Waals surface area contributed by atoms with Gasteiger partial charge in [-0.1, -0.05) is 18.3 Å². The summed E-state index contributed by atoms with van der Waals surface area (Å²) in [5.41, 5.74) is 0.956. The molecule has 0 aliphatic rings. The zero-order valence-corrected chi connectivity index (χ0v) is 11.7. The van der Waals surface area contributed by atoms with E-state index in [1.807, 2.05) is 31.2 Å². The smallest absolute Gasteiger partial charge is 0.225 e. The average Bonchev–Trinajstić information content (AvgIpc) is 2.88. The molecule has 0 saturated carbocycles. The summed E-state index contributed by atoms with van der Waals surface area (Å²) in [4.78, 5) is 11.3. The van der Waals surface area contributed by atoms with Gasteiger partial charge in [-0.25, -0.2) is 0 Å². The third-order valence-corrected chi connectivity index (χ3v) is 3.29. The molecule has 0 fully saturated rings. The maximum atomic E-state index is 11.3. The van der Waals surface area contributed by atoms with Gasteiger partial charge in [0.2, 0.25) is 11.0 Å². The van der Waals surface area contributed by atoms with Crippen molar-refractivity contribution in [1.82, 2.24) is 10.2 Å². The molecule has 0 radical (unpaired) electrons. The zero-order chi connectivity index (χ0) is 13.7. The van der Waals surface area contributed by atoms with Crippen LogP contribution < -0.4 is 10.1 Å². The summed E-state index contributed by atoms with van der Waals surface area (Å²) in [5, 5.41) is 12.0. The number of carbonyl (C=O) groups excluding carboxylic acids is 1. The van der Waals surface area contributed by atoms with Gasteiger partial charge in [0.1, 0.15) is 10.8 Å². The van der Waals surface area contributed by atoms with Crippen LogP contribution in [0.3, 0.4) is 0 Å².